The SMILES string of the molecule is Cl.N[C@@H]1C[C@H](C(=O)O)Cc2cc(Cl)c(Cl)cc21. The van der Waals surface area contributed by atoms with Gasteiger partial charge in [-0.25, -0.2) is 0 Å². The fourth-order valence-electron chi connectivity index (χ4n) is 2.10. The molecule has 0 fully saturated rings. The molecule has 6 heteroatoms. The molecule has 0 aliphatic heterocycles. The van der Waals surface area contributed by atoms with Gasteiger partial charge in [-0.1, -0.05) is 23.2 Å². The van der Waals surface area contributed by atoms with Gasteiger partial charge in [0.05, 0.1) is 16.0 Å². The molecule has 1 aliphatic rings. The molecule has 0 saturated heterocycles. The molecular formula is C11H12Cl3NO2. The van der Waals surface area contributed by atoms with Crippen molar-refractivity contribution in [2.24, 2.45) is 11.7 Å². The number of hydrogen-bond donors (Lipinski definition) is 2. The highest BCUT2D eigenvalue weighted by Crippen LogP contribution is 2.36. The Kier molecular flexibility index (Phi) is 4.67. The van der Waals surface area contributed by atoms with Gasteiger partial charge in [-0.05, 0) is 36.1 Å². The van der Waals surface area contributed by atoms with Crippen LogP contribution in [0.1, 0.15) is 23.6 Å². The van der Waals surface area contributed by atoms with Crippen LogP contribution in [-0.2, 0) is 11.2 Å². The minimum Gasteiger partial charge on any atom is -0.481 e. The predicted octanol–water partition coefficient (Wildman–Crippen LogP) is 3.06. The summed E-state index contributed by atoms with van der Waals surface area (Å²) in [6, 6.07) is 3.18. The van der Waals surface area contributed by atoms with Gasteiger partial charge in [0.15, 0.2) is 0 Å². The maximum atomic E-state index is 10.9. The number of aliphatic carboxylic acids is 1. The number of carboxylic acids is 1. The molecule has 0 saturated carbocycles. The highest BCUT2D eigenvalue weighted by molar-refractivity contribution is 6.42. The highest BCUT2D eigenvalue weighted by atomic mass is 35.5. The largest absolute Gasteiger partial charge is 0.481 e. The van der Waals surface area contributed by atoms with Crippen LogP contribution in [0.25, 0.3) is 0 Å². The van der Waals surface area contributed by atoms with E-state index in [4.69, 9.17) is 34.0 Å². The van der Waals surface area contributed by atoms with E-state index in [0.29, 0.717) is 22.9 Å². The summed E-state index contributed by atoms with van der Waals surface area (Å²) >= 11 is 11.8. The van der Waals surface area contributed by atoms with Gasteiger partial charge in [0.25, 0.3) is 0 Å². The van der Waals surface area contributed by atoms with Gasteiger partial charge in [0.2, 0.25) is 0 Å². The van der Waals surface area contributed by atoms with Crippen molar-refractivity contribution in [3.8, 4) is 0 Å². The summed E-state index contributed by atoms with van der Waals surface area (Å²) in [4.78, 5) is 10.9. The molecule has 1 aliphatic carbocycles. The molecule has 0 unspecified atom stereocenters. The number of halogens is 3. The van der Waals surface area contributed by atoms with Gasteiger partial charge in [-0.15, -0.1) is 12.4 Å². The summed E-state index contributed by atoms with van der Waals surface area (Å²) in [5.74, 6) is -1.24. The zero-order chi connectivity index (χ0) is 11.9. The van der Waals surface area contributed by atoms with Crippen molar-refractivity contribution < 1.29 is 9.90 Å². The number of nitrogens with two attached hydrogens (primary N) is 1. The lowest BCUT2D eigenvalue weighted by molar-refractivity contribution is -0.142. The molecule has 3 nitrogen and oxygen atoms in total. The minimum atomic E-state index is -0.813. The van der Waals surface area contributed by atoms with Crippen LogP contribution in [0.5, 0.6) is 0 Å². The Balaban J connectivity index is 0.00000144. The van der Waals surface area contributed by atoms with E-state index in [2.05, 4.69) is 0 Å². The van der Waals surface area contributed by atoms with Crippen LogP contribution in [-0.4, -0.2) is 11.1 Å². The van der Waals surface area contributed by atoms with Crippen LogP contribution in [0.4, 0.5) is 0 Å². The Bertz CT molecular complexity index is 451. The first-order valence-corrected chi connectivity index (χ1v) is 5.71. The number of benzene rings is 1. The quantitative estimate of drug-likeness (QED) is 0.837. The van der Waals surface area contributed by atoms with E-state index in [0.717, 1.165) is 11.1 Å². The summed E-state index contributed by atoms with van der Waals surface area (Å²) < 4.78 is 0. The summed E-state index contributed by atoms with van der Waals surface area (Å²) in [7, 11) is 0. The molecule has 2 atom stereocenters. The second-order valence-electron chi connectivity index (χ2n) is 4.05. The number of carbonyl (C=O) groups is 1. The van der Waals surface area contributed by atoms with Crippen molar-refractivity contribution >= 4 is 41.6 Å². The van der Waals surface area contributed by atoms with E-state index in [9.17, 15) is 4.79 Å². The maximum absolute atomic E-state index is 10.9. The van der Waals surface area contributed by atoms with Crippen LogP contribution in [0.3, 0.4) is 0 Å². The van der Waals surface area contributed by atoms with Crippen molar-refractivity contribution in [3.05, 3.63) is 33.3 Å². The average molecular weight is 297 g/mol. The third-order valence-electron chi connectivity index (χ3n) is 2.94. The first-order valence-electron chi connectivity index (χ1n) is 4.95. The molecule has 1 aromatic rings. The standard InChI is InChI=1S/C11H11Cl2NO2.ClH/c12-8-2-5-1-6(11(15)16)3-10(14)7(5)4-9(8)13;/h2,4,6,10H,1,3,14H2,(H,15,16);1H/t6-,10-;/m1./s1. The van der Waals surface area contributed by atoms with Crippen molar-refractivity contribution in [2.45, 2.75) is 18.9 Å². The second-order valence-corrected chi connectivity index (χ2v) is 4.86. The van der Waals surface area contributed by atoms with Crippen molar-refractivity contribution in [2.75, 3.05) is 0 Å². The molecule has 2 rings (SSSR count). The monoisotopic (exact) mass is 295 g/mol. The molecule has 0 heterocycles. The molecule has 0 spiro atoms. The van der Waals surface area contributed by atoms with Gasteiger partial charge in [0.1, 0.15) is 0 Å². The van der Waals surface area contributed by atoms with Crippen LogP contribution in [0, 0.1) is 5.92 Å². The number of fused-ring (bicyclic) bond motifs is 1. The lowest BCUT2D eigenvalue weighted by Gasteiger charge is -2.27. The van der Waals surface area contributed by atoms with Crippen LogP contribution in [0.15, 0.2) is 12.1 Å². The number of rotatable bonds is 1. The molecule has 0 aromatic heterocycles. The Morgan fingerprint density at radius 3 is 2.53 bits per heavy atom. The summed E-state index contributed by atoms with van der Waals surface area (Å²) in [6.07, 6.45) is 0.912. The molecule has 0 amide bonds. The first kappa shape index (κ1) is 14.6. The highest BCUT2D eigenvalue weighted by Gasteiger charge is 2.29. The lowest BCUT2D eigenvalue weighted by Crippen LogP contribution is -2.28. The van der Waals surface area contributed by atoms with Crippen LogP contribution in [0.2, 0.25) is 10.0 Å². The van der Waals surface area contributed by atoms with Crippen LogP contribution >= 0.6 is 35.6 Å². The number of hydrogen-bond acceptors (Lipinski definition) is 2. The van der Waals surface area contributed by atoms with Gasteiger partial charge >= 0.3 is 5.97 Å². The van der Waals surface area contributed by atoms with Gasteiger partial charge < -0.3 is 10.8 Å². The Hall–Kier alpha value is -0.480. The Morgan fingerprint density at radius 2 is 1.94 bits per heavy atom. The third-order valence-corrected chi connectivity index (χ3v) is 3.66. The molecule has 3 N–H and O–H groups in total. The van der Waals surface area contributed by atoms with Gasteiger partial charge in [-0.2, -0.15) is 0 Å². The second kappa shape index (κ2) is 5.44. The number of carboxylic acid groups (broad SMARTS) is 1. The predicted molar refractivity (Wildman–Crippen MR) is 70.1 cm³/mol. The Morgan fingerprint density at radius 1 is 1.35 bits per heavy atom. The first-order chi connectivity index (χ1) is 7.49. The van der Waals surface area contributed by atoms with Gasteiger partial charge in [0, 0.05) is 6.04 Å². The van der Waals surface area contributed by atoms with E-state index in [1.54, 1.807) is 12.1 Å². The minimum absolute atomic E-state index is 0. The summed E-state index contributed by atoms with van der Waals surface area (Å²) in [6.45, 7) is 0. The smallest absolute Gasteiger partial charge is 0.306 e. The normalized spacial score (nSPS) is 22.5. The summed E-state index contributed by atoms with van der Waals surface area (Å²) in [5, 5.41) is 9.90. The zero-order valence-electron chi connectivity index (χ0n) is 8.82. The van der Waals surface area contributed by atoms with E-state index in [1.165, 1.54) is 0 Å². The zero-order valence-corrected chi connectivity index (χ0v) is 11.1. The van der Waals surface area contributed by atoms with Crippen molar-refractivity contribution in [3.63, 3.8) is 0 Å². The molecule has 94 valence electrons. The third kappa shape index (κ3) is 2.86. The summed E-state index contributed by atoms with van der Waals surface area (Å²) in [5.41, 5.74) is 7.73. The fourth-order valence-corrected chi connectivity index (χ4v) is 2.45. The topological polar surface area (TPSA) is 63.3 Å². The molecule has 0 bridgehead atoms. The molecule has 0 radical (unpaired) electrons. The Labute approximate surface area is 115 Å². The van der Waals surface area contributed by atoms with Crippen molar-refractivity contribution in [1.82, 2.24) is 0 Å². The lowest BCUT2D eigenvalue weighted by atomic mass is 9.81. The van der Waals surface area contributed by atoms with E-state index >= 15 is 0 Å². The molecule has 17 heavy (non-hydrogen) atoms. The average Bonchev–Trinajstić information content (AvgIpc) is 2.20. The molecule has 1 aromatic carbocycles. The van der Waals surface area contributed by atoms with Crippen LogP contribution < -0.4 is 5.73 Å². The molecular weight excluding hydrogens is 284 g/mol. The van der Waals surface area contributed by atoms with E-state index in [-0.39, 0.29) is 18.4 Å². The van der Waals surface area contributed by atoms with E-state index < -0.39 is 11.9 Å². The van der Waals surface area contributed by atoms with E-state index in [1.807, 2.05) is 0 Å². The fraction of sp³-hybridized carbons (Fsp3) is 0.364. The van der Waals surface area contributed by atoms with Gasteiger partial charge in [-0.3, -0.25) is 4.79 Å². The maximum Gasteiger partial charge on any atom is 0.306 e. The van der Waals surface area contributed by atoms with Crippen molar-refractivity contribution in [1.29, 1.82) is 0 Å².